The van der Waals surface area contributed by atoms with Gasteiger partial charge in [-0.25, -0.2) is 0 Å². The molecule has 2 amide bonds. The molecule has 9 heteroatoms. The number of carbonyl (C=O) groups is 4. The van der Waals surface area contributed by atoms with Crippen molar-refractivity contribution in [1.82, 2.24) is 10.6 Å². The Hall–Kier alpha value is -2.94. The third-order valence-electron chi connectivity index (χ3n) is 4.22. The fraction of sp³-hybridized carbons (Fsp3) is 0.444. The van der Waals surface area contributed by atoms with Gasteiger partial charge in [0.15, 0.2) is 0 Å². The molecule has 2 atom stereocenters. The number of methoxy groups -OCH3 is 1. The fourth-order valence-corrected chi connectivity index (χ4v) is 2.84. The Morgan fingerprint density at radius 2 is 2.00 bits per heavy atom. The molecule has 3 N–H and O–H groups in total. The van der Waals surface area contributed by atoms with Gasteiger partial charge in [-0.2, -0.15) is 0 Å². The van der Waals surface area contributed by atoms with Crippen molar-refractivity contribution in [3.63, 3.8) is 0 Å². The molecule has 1 fully saturated rings. The van der Waals surface area contributed by atoms with E-state index in [-0.39, 0.29) is 0 Å². The number of amides is 2. The SMILES string of the molecule is COC(=O)CN(C(=O)[C@H](CC(=O)O)NC(=O)[C@H]1CCCN1)c1ccccc1. The van der Waals surface area contributed by atoms with Crippen LogP contribution in [-0.4, -0.2) is 61.1 Å². The number of rotatable bonds is 8. The number of hydrogen-bond donors (Lipinski definition) is 3. The minimum absolute atomic E-state index is 0.396. The summed E-state index contributed by atoms with van der Waals surface area (Å²) < 4.78 is 4.63. The van der Waals surface area contributed by atoms with Gasteiger partial charge < -0.3 is 20.5 Å². The largest absolute Gasteiger partial charge is 0.481 e. The maximum atomic E-state index is 13.0. The number of nitrogens with zero attached hydrogens (tertiary/aromatic N) is 1. The molecule has 1 heterocycles. The lowest BCUT2D eigenvalue weighted by atomic mass is 10.1. The lowest BCUT2D eigenvalue weighted by Gasteiger charge is -2.27. The van der Waals surface area contributed by atoms with Crippen LogP contribution in [0.5, 0.6) is 0 Å². The van der Waals surface area contributed by atoms with Gasteiger partial charge in [-0.15, -0.1) is 0 Å². The van der Waals surface area contributed by atoms with Crippen molar-refractivity contribution in [1.29, 1.82) is 0 Å². The molecular formula is C18H23N3O6. The maximum Gasteiger partial charge on any atom is 0.325 e. The molecule has 0 saturated carbocycles. The molecule has 0 aromatic heterocycles. The smallest absolute Gasteiger partial charge is 0.325 e. The molecule has 27 heavy (non-hydrogen) atoms. The zero-order valence-corrected chi connectivity index (χ0v) is 15.0. The summed E-state index contributed by atoms with van der Waals surface area (Å²) in [5.74, 6) is -3.03. The second kappa shape index (κ2) is 9.67. The van der Waals surface area contributed by atoms with Crippen LogP contribution in [0.2, 0.25) is 0 Å². The molecule has 1 aliphatic heterocycles. The van der Waals surface area contributed by atoms with E-state index in [9.17, 15) is 19.2 Å². The van der Waals surface area contributed by atoms with E-state index < -0.39 is 48.8 Å². The van der Waals surface area contributed by atoms with Gasteiger partial charge in [0, 0.05) is 5.69 Å². The van der Waals surface area contributed by atoms with E-state index in [0.717, 1.165) is 11.3 Å². The highest BCUT2D eigenvalue weighted by molar-refractivity contribution is 6.03. The monoisotopic (exact) mass is 377 g/mol. The Bertz CT molecular complexity index is 688. The number of hydrogen-bond acceptors (Lipinski definition) is 6. The highest BCUT2D eigenvalue weighted by Gasteiger charge is 2.33. The molecule has 0 radical (unpaired) electrons. The van der Waals surface area contributed by atoms with Gasteiger partial charge in [0.25, 0.3) is 5.91 Å². The van der Waals surface area contributed by atoms with E-state index >= 15 is 0 Å². The number of anilines is 1. The minimum atomic E-state index is -1.30. The van der Waals surface area contributed by atoms with Crippen LogP contribution in [0.4, 0.5) is 5.69 Å². The van der Waals surface area contributed by atoms with Crippen LogP contribution in [-0.2, 0) is 23.9 Å². The molecule has 1 saturated heterocycles. The van der Waals surface area contributed by atoms with E-state index in [0.29, 0.717) is 18.7 Å². The summed E-state index contributed by atoms with van der Waals surface area (Å²) in [4.78, 5) is 49.4. The van der Waals surface area contributed by atoms with Gasteiger partial charge in [-0.05, 0) is 31.5 Å². The van der Waals surface area contributed by atoms with Crippen molar-refractivity contribution in [2.45, 2.75) is 31.3 Å². The predicted octanol–water partition coefficient (Wildman–Crippen LogP) is -0.0959. The lowest BCUT2D eigenvalue weighted by molar-refractivity contribution is -0.141. The van der Waals surface area contributed by atoms with Crippen molar-refractivity contribution >= 4 is 29.4 Å². The molecule has 1 aliphatic rings. The van der Waals surface area contributed by atoms with Crippen LogP contribution in [0.3, 0.4) is 0 Å². The van der Waals surface area contributed by atoms with Gasteiger partial charge in [0.2, 0.25) is 5.91 Å². The van der Waals surface area contributed by atoms with Crippen molar-refractivity contribution in [2.24, 2.45) is 0 Å². The Morgan fingerprint density at radius 1 is 1.30 bits per heavy atom. The summed E-state index contributed by atoms with van der Waals surface area (Å²) >= 11 is 0. The summed E-state index contributed by atoms with van der Waals surface area (Å²) in [7, 11) is 1.19. The maximum absolute atomic E-state index is 13.0. The third kappa shape index (κ3) is 5.78. The normalized spacial score (nSPS) is 17.0. The average Bonchev–Trinajstić information content (AvgIpc) is 3.20. The van der Waals surface area contributed by atoms with E-state index in [1.807, 2.05) is 0 Å². The Balaban J connectivity index is 2.23. The number of nitrogens with one attached hydrogen (secondary N) is 2. The minimum Gasteiger partial charge on any atom is -0.481 e. The zero-order valence-electron chi connectivity index (χ0n) is 15.0. The lowest BCUT2D eigenvalue weighted by Crippen LogP contribution is -2.54. The topological polar surface area (TPSA) is 125 Å². The van der Waals surface area contributed by atoms with Gasteiger partial charge in [0.05, 0.1) is 19.6 Å². The first-order valence-corrected chi connectivity index (χ1v) is 8.61. The first kappa shape index (κ1) is 20.4. The molecule has 0 bridgehead atoms. The molecule has 0 aliphatic carbocycles. The number of benzene rings is 1. The zero-order chi connectivity index (χ0) is 19.8. The number of esters is 1. The Kier molecular flexibility index (Phi) is 7.30. The fourth-order valence-electron chi connectivity index (χ4n) is 2.84. The van der Waals surface area contributed by atoms with Crippen LogP contribution in [0, 0.1) is 0 Å². The first-order chi connectivity index (χ1) is 12.9. The van der Waals surface area contributed by atoms with Gasteiger partial charge >= 0.3 is 11.9 Å². The summed E-state index contributed by atoms with van der Waals surface area (Å²) in [6.45, 7) is 0.293. The molecule has 1 aromatic carbocycles. The summed E-state index contributed by atoms with van der Waals surface area (Å²) in [6, 6.07) is 6.56. The standard InChI is InChI=1S/C18H23N3O6/c1-27-16(24)11-21(12-6-3-2-4-7-12)18(26)14(10-15(22)23)20-17(25)13-8-5-9-19-13/h2-4,6-7,13-14,19H,5,8-11H2,1H3,(H,20,25)(H,22,23)/t13-,14+/m1/s1. The third-order valence-corrected chi connectivity index (χ3v) is 4.22. The molecule has 0 unspecified atom stereocenters. The quantitative estimate of drug-likeness (QED) is 0.541. The number of carboxylic acid groups (broad SMARTS) is 1. The number of carboxylic acids is 1. The molecule has 9 nitrogen and oxygen atoms in total. The highest BCUT2D eigenvalue weighted by Crippen LogP contribution is 2.16. The molecule has 146 valence electrons. The van der Waals surface area contributed by atoms with Crippen molar-refractivity contribution in [3.05, 3.63) is 30.3 Å². The molecule has 0 spiro atoms. The number of carbonyl (C=O) groups excluding carboxylic acids is 3. The Labute approximate surface area is 156 Å². The van der Waals surface area contributed by atoms with Crippen LogP contribution in [0.15, 0.2) is 30.3 Å². The number of aliphatic carboxylic acids is 1. The van der Waals surface area contributed by atoms with Crippen molar-refractivity contribution < 1.29 is 29.0 Å². The second-order valence-electron chi connectivity index (χ2n) is 6.14. The number of ether oxygens (including phenoxy) is 1. The summed E-state index contributed by atoms with van der Waals surface area (Å²) in [5.41, 5.74) is 0.400. The summed E-state index contributed by atoms with van der Waals surface area (Å²) in [6.07, 6.45) is 0.848. The molecular weight excluding hydrogens is 354 g/mol. The molecule has 2 rings (SSSR count). The highest BCUT2D eigenvalue weighted by atomic mass is 16.5. The van der Waals surface area contributed by atoms with Gasteiger partial charge in [0.1, 0.15) is 12.6 Å². The van der Waals surface area contributed by atoms with Crippen LogP contribution in [0.25, 0.3) is 0 Å². The van der Waals surface area contributed by atoms with Crippen LogP contribution < -0.4 is 15.5 Å². The average molecular weight is 377 g/mol. The van der Waals surface area contributed by atoms with E-state index in [1.165, 1.54) is 7.11 Å². The van der Waals surface area contributed by atoms with E-state index in [1.54, 1.807) is 30.3 Å². The van der Waals surface area contributed by atoms with E-state index in [4.69, 9.17) is 5.11 Å². The van der Waals surface area contributed by atoms with E-state index in [2.05, 4.69) is 15.4 Å². The van der Waals surface area contributed by atoms with Crippen molar-refractivity contribution in [2.75, 3.05) is 25.1 Å². The van der Waals surface area contributed by atoms with Crippen LogP contribution in [0.1, 0.15) is 19.3 Å². The van der Waals surface area contributed by atoms with Gasteiger partial charge in [-0.1, -0.05) is 18.2 Å². The van der Waals surface area contributed by atoms with Crippen LogP contribution >= 0.6 is 0 Å². The van der Waals surface area contributed by atoms with Crippen molar-refractivity contribution in [3.8, 4) is 0 Å². The predicted molar refractivity (Wildman–Crippen MR) is 96.0 cm³/mol. The van der Waals surface area contributed by atoms with Gasteiger partial charge in [-0.3, -0.25) is 24.1 Å². The summed E-state index contributed by atoms with van der Waals surface area (Å²) in [5, 5.41) is 14.7. The number of para-hydroxylation sites is 1. The first-order valence-electron chi connectivity index (χ1n) is 8.61. The second-order valence-corrected chi connectivity index (χ2v) is 6.14. The Morgan fingerprint density at radius 3 is 2.56 bits per heavy atom. The molecule has 1 aromatic rings.